The molecule has 0 bridgehead atoms. The Morgan fingerprint density at radius 1 is 0.962 bits per heavy atom. The van der Waals surface area contributed by atoms with Crippen LogP contribution in [0.25, 0.3) is 0 Å². The number of carbonyl (C=O) groups is 1. The molecule has 0 saturated carbocycles. The first-order chi connectivity index (χ1) is 11.3. The highest BCUT2D eigenvalue weighted by atomic mass is 28.3. The molecule has 1 rings (SSSR count). The van der Waals surface area contributed by atoms with Gasteiger partial charge in [0.25, 0.3) is 0 Å². The molecule has 0 saturated heterocycles. The molecule has 26 heavy (non-hydrogen) atoms. The van der Waals surface area contributed by atoms with Crippen molar-refractivity contribution >= 4 is 14.8 Å². The minimum Gasteiger partial charge on any atom is -0.497 e. The van der Waals surface area contributed by atoms with E-state index in [0.29, 0.717) is 0 Å². The molecule has 0 aliphatic heterocycles. The van der Waals surface area contributed by atoms with E-state index in [4.69, 9.17) is 14.6 Å². The summed E-state index contributed by atoms with van der Waals surface area (Å²) in [6.45, 7) is 14.2. The van der Waals surface area contributed by atoms with Gasteiger partial charge in [0.1, 0.15) is 5.75 Å². The molecule has 1 aromatic rings. The first-order valence-corrected chi connectivity index (χ1v) is 9.83. The number of ether oxygens (including phenoxy) is 1. The van der Waals surface area contributed by atoms with Crippen molar-refractivity contribution in [3.63, 3.8) is 0 Å². The number of para-hydroxylation sites is 1. The molecule has 0 atom stereocenters. The van der Waals surface area contributed by atoms with E-state index < -0.39 is 12.1 Å². The van der Waals surface area contributed by atoms with Gasteiger partial charge in [-0.2, -0.15) is 13.2 Å². The molecule has 3 N–H and O–H groups in total. The number of halogens is 3. The predicted octanol–water partition coefficient (Wildman–Crippen LogP) is 5.22. The third-order valence-corrected chi connectivity index (χ3v) is 7.22. The zero-order chi connectivity index (χ0) is 20.2. The van der Waals surface area contributed by atoms with Crippen LogP contribution in [0, 0.1) is 0 Å². The standard InChI is InChI=1S/C9H21Si.C7H8O.C2HF3O2.H2O/c1-7(2)10(8(3)4)9(5)6;1-8-7-5-3-2-4-6-7;3-2(4,5)1(6)7;/h7-9H,1-6H3;2-6H,1H3;(H,6,7);1H2. The molecule has 0 aliphatic carbocycles. The lowest BCUT2D eigenvalue weighted by Crippen LogP contribution is -2.24. The second-order valence-electron chi connectivity index (χ2n) is 6.28. The van der Waals surface area contributed by atoms with Gasteiger partial charge in [-0.25, -0.2) is 4.79 Å². The van der Waals surface area contributed by atoms with Crippen molar-refractivity contribution in [2.24, 2.45) is 0 Å². The molecule has 0 unspecified atom stereocenters. The average Bonchev–Trinajstić information content (AvgIpc) is 2.47. The number of rotatable bonds is 4. The molecule has 8 heteroatoms. The quantitative estimate of drug-likeness (QED) is 0.708. The molecular formula is C18H32F3O4Si. The number of methoxy groups -OCH3 is 1. The molecule has 0 fully saturated rings. The Balaban J connectivity index is -0.000000304. The van der Waals surface area contributed by atoms with Gasteiger partial charge in [-0.3, -0.25) is 0 Å². The molecule has 153 valence electrons. The molecule has 0 aliphatic rings. The Labute approximate surface area is 156 Å². The Bertz CT molecular complexity index is 444. The molecule has 1 radical (unpaired) electrons. The van der Waals surface area contributed by atoms with Gasteiger partial charge in [-0.05, 0) is 12.1 Å². The summed E-state index contributed by atoms with van der Waals surface area (Å²) < 4.78 is 36.7. The first-order valence-electron chi connectivity index (χ1n) is 8.10. The molecule has 0 aromatic heterocycles. The Kier molecular flexibility index (Phi) is 16.4. The van der Waals surface area contributed by atoms with Crippen molar-refractivity contribution in [1.82, 2.24) is 0 Å². The van der Waals surface area contributed by atoms with E-state index in [1.165, 1.54) is 0 Å². The highest BCUT2D eigenvalue weighted by Crippen LogP contribution is 2.29. The number of hydrogen-bond donors (Lipinski definition) is 1. The lowest BCUT2D eigenvalue weighted by Gasteiger charge is -2.26. The highest BCUT2D eigenvalue weighted by molar-refractivity contribution is 6.63. The van der Waals surface area contributed by atoms with E-state index in [1.807, 2.05) is 30.3 Å². The van der Waals surface area contributed by atoms with Crippen molar-refractivity contribution in [3.05, 3.63) is 30.3 Å². The smallest absolute Gasteiger partial charge is 0.490 e. The zero-order valence-electron chi connectivity index (χ0n) is 16.5. The fraction of sp³-hybridized carbons (Fsp3) is 0.611. The summed E-state index contributed by atoms with van der Waals surface area (Å²) in [7, 11) is 1.57. The maximum atomic E-state index is 10.6. The fourth-order valence-electron chi connectivity index (χ4n) is 2.56. The van der Waals surface area contributed by atoms with E-state index in [9.17, 15) is 13.2 Å². The largest absolute Gasteiger partial charge is 0.497 e. The Morgan fingerprint density at radius 3 is 1.38 bits per heavy atom. The summed E-state index contributed by atoms with van der Waals surface area (Å²) in [5.41, 5.74) is 2.81. The highest BCUT2D eigenvalue weighted by Gasteiger charge is 2.38. The maximum Gasteiger partial charge on any atom is 0.490 e. The molecule has 0 amide bonds. The number of aliphatic carboxylic acids is 1. The second kappa shape index (κ2) is 14.6. The van der Waals surface area contributed by atoms with Gasteiger partial charge in [0.05, 0.1) is 15.9 Å². The number of hydrogen-bond acceptors (Lipinski definition) is 2. The van der Waals surface area contributed by atoms with Crippen molar-refractivity contribution in [3.8, 4) is 5.75 Å². The third-order valence-electron chi connectivity index (χ3n) is 3.22. The van der Waals surface area contributed by atoms with Crippen LogP contribution in [0.2, 0.25) is 16.6 Å². The fourth-order valence-corrected chi connectivity index (χ4v) is 6.56. The van der Waals surface area contributed by atoms with E-state index in [-0.39, 0.29) is 14.3 Å². The van der Waals surface area contributed by atoms with Crippen LogP contribution in [-0.2, 0) is 4.79 Å². The van der Waals surface area contributed by atoms with Gasteiger partial charge in [0.15, 0.2) is 0 Å². The van der Waals surface area contributed by atoms with E-state index in [1.54, 1.807) is 7.11 Å². The number of carboxylic acid groups (broad SMARTS) is 1. The zero-order valence-corrected chi connectivity index (χ0v) is 17.5. The van der Waals surface area contributed by atoms with Gasteiger partial charge in [0.2, 0.25) is 0 Å². The van der Waals surface area contributed by atoms with Crippen LogP contribution in [0.3, 0.4) is 0 Å². The number of carboxylic acids is 1. The van der Waals surface area contributed by atoms with Crippen LogP contribution < -0.4 is 4.74 Å². The molecule has 0 spiro atoms. The molecule has 4 nitrogen and oxygen atoms in total. The van der Waals surface area contributed by atoms with Crippen molar-refractivity contribution in [1.29, 1.82) is 0 Å². The summed E-state index contributed by atoms with van der Waals surface area (Å²) >= 11 is 0. The summed E-state index contributed by atoms with van der Waals surface area (Å²) in [5.74, 6) is -1.85. The lowest BCUT2D eigenvalue weighted by molar-refractivity contribution is -0.192. The van der Waals surface area contributed by atoms with Crippen molar-refractivity contribution in [2.75, 3.05) is 7.11 Å². The normalized spacial score (nSPS) is 10.5. The second-order valence-corrected chi connectivity index (χ2v) is 10.7. The summed E-state index contributed by atoms with van der Waals surface area (Å²) in [5, 5.41) is 7.12. The van der Waals surface area contributed by atoms with Crippen LogP contribution in [0.1, 0.15) is 41.5 Å². The van der Waals surface area contributed by atoms with E-state index >= 15 is 0 Å². The SMILES string of the molecule is CC(C)[Si](C(C)C)C(C)C.COc1ccccc1.O.O=C(O)C(F)(F)F. The van der Waals surface area contributed by atoms with Crippen LogP contribution in [0.15, 0.2) is 30.3 Å². The predicted molar refractivity (Wildman–Crippen MR) is 101 cm³/mol. The van der Waals surface area contributed by atoms with Gasteiger partial charge in [-0.1, -0.05) is 76.4 Å². The summed E-state index contributed by atoms with van der Waals surface area (Å²) in [6.07, 6.45) is -5.08. The van der Waals surface area contributed by atoms with Crippen LogP contribution in [0.5, 0.6) is 5.75 Å². The maximum absolute atomic E-state index is 10.6. The van der Waals surface area contributed by atoms with Gasteiger partial charge < -0.3 is 15.3 Å². The Morgan fingerprint density at radius 2 is 1.27 bits per heavy atom. The topological polar surface area (TPSA) is 78.0 Å². The number of benzene rings is 1. The lowest BCUT2D eigenvalue weighted by atomic mass is 10.3. The van der Waals surface area contributed by atoms with Crippen LogP contribution in [-0.4, -0.2) is 38.6 Å². The van der Waals surface area contributed by atoms with Gasteiger partial charge in [-0.15, -0.1) is 0 Å². The summed E-state index contributed by atoms with van der Waals surface area (Å²) in [6, 6.07) is 9.68. The first kappa shape index (κ1) is 29.2. The molecule has 0 heterocycles. The molecular weight excluding hydrogens is 365 g/mol. The van der Waals surface area contributed by atoms with Crippen molar-refractivity contribution in [2.45, 2.75) is 64.3 Å². The monoisotopic (exact) mass is 397 g/mol. The van der Waals surface area contributed by atoms with Gasteiger partial charge >= 0.3 is 12.1 Å². The summed E-state index contributed by atoms with van der Waals surface area (Å²) in [4.78, 5) is 8.90. The minimum absolute atomic E-state index is 0. The Hall–Kier alpha value is -1.54. The average molecular weight is 398 g/mol. The number of alkyl halides is 3. The van der Waals surface area contributed by atoms with Crippen LogP contribution >= 0.6 is 0 Å². The van der Waals surface area contributed by atoms with Gasteiger partial charge in [0, 0.05) is 0 Å². The van der Waals surface area contributed by atoms with Crippen molar-refractivity contribution < 1.29 is 33.3 Å². The van der Waals surface area contributed by atoms with E-state index in [0.717, 1.165) is 22.4 Å². The van der Waals surface area contributed by atoms with Crippen LogP contribution in [0.4, 0.5) is 13.2 Å². The molecule has 1 aromatic carbocycles. The van der Waals surface area contributed by atoms with E-state index in [2.05, 4.69) is 41.5 Å². The minimum atomic E-state index is -5.08. The third kappa shape index (κ3) is 14.8.